The molecule has 2 amide bonds. The largest absolute Gasteiger partial charge is 0.495 e. The van der Waals surface area contributed by atoms with E-state index in [1.807, 2.05) is 0 Å². The highest BCUT2D eigenvalue weighted by atomic mass is 35.5. The van der Waals surface area contributed by atoms with Gasteiger partial charge in [-0.25, -0.2) is 13.2 Å². The lowest BCUT2D eigenvalue weighted by molar-refractivity contribution is 0.249. The number of carbonyl (C=O) groups is 1. The number of rotatable bonds is 3. The van der Waals surface area contributed by atoms with Gasteiger partial charge in [0, 0.05) is 11.7 Å². The van der Waals surface area contributed by atoms with Crippen molar-refractivity contribution in [2.24, 2.45) is 0 Å². The van der Waals surface area contributed by atoms with Crippen molar-refractivity contribution in [2.75, 3.05) is 23.9 Å². The van der Waals surface area contributed by atoms with E-state index < -0.39 is 15.9 Å². The molecule has 6 nitrogen and oxygen atoms in total. The van der Waals surface area contributed by atoms with Crippen LogP contribution in [0.2, 0.25) is 5.02 Å². The van der Waals surface area contributed by atoms with Gasteiger partial charge in [-0.1, -0.05) is 11.6 Å². The maximum Gasteiger partial charge on any atom is 0.319 e. The summed E-state index contributed by atoms with van der Waals surface area (Å²) < 4.78 is 27.6. The highest BCUT2D eigenvalue weighted by molar-refractivity contribution is 7.91. The molecular formula is C12H15ClN2O4S. The summed E-state index contributed by atoms with van der Waals surface area (Å²) in [6, 6.07) is 4.06. The standard InChI is InChI=1S/C12H15ClN2O4S/c1-19-11-3-2-8(6-10(11)13)14-12(16)15-9-4-5-20(17,18)7-9/h2-3,6,9H,4-5,7H2,1H3,(H2,14,15,16). The highest BCUT2D eigenvalue weighted by Gasteiger charge is 2.28. The SMILES string of the molecule is COc1ccc(NC(=O)NC2CCS(=O)(=O)C2)cc1Cl. The number of anilines is 1. The predicted octanol–water partition coefficient (Wildman–Crippen LogP) is 1.66. The fourth-order valence-electron chi connectivity index (χ4n) is 2.01. The zero-order valence-corrected chi connectivity index (χ0v) is 12.4. The second-order valence-corrected chi connectivity index (χ2v) is 7.18. The van der Waals surface area contributed by atoms with Gasteiger partial charge < -0.3 is 15.4 Å². The van der Waals surface area contributed by atoms with Crippen LogP contribution in [-0.2, 0) is 9.84 Å². The average molecular weight is 319 g/mol. The first kappa shape index (κ1) is 14.9. The Balaban J connectivity index is 1.93. The van der Waals surface area contributed by atoms with Crippen LogP contribution >= 0.6 is 11.6 Å². The van der Waals surface area contributed by atoms with Crippen LogP contribution < -0.4 is 15.4 Å². The van der Waals surface area contributed by atoms with Crippen LogP contribution in [0.15, 0.2) is 18.2 Å². The third-order valence-corrected chi connectivity index (χ3v) is 5.04. The summed E-state index contributed by atoms with van der Waals surface area (Å²) in [5.41, 5.74) is 0.508. The molecule has 0 spiro atoms. The van der Waals surface area contributed by atoms with Gasteiger partial charge in [-0.05, 0) is 24.6 Å². The Morgan fingerprint density at radius 3 is 2.75 bits per heavy atom. The molecule has 0 aromatic heterocycles. The summed E-state index contributed by atoms with van der Waals surface area (Å²) in [5.74, 6) is 0.621. The quantitative estimate of drug-likeness (QED) is 0.887. The number of benzene rings is 1. The molecule has 1 aromatic carbocycles. The van der Waals surface area contributed by atoms with Crippen molar-refractivity contribution in [1.29, 1.82) is 0 Å². The van der Waals surface area contributed by atoms with Crippen LogP contribution in [0.3, 0.4) is 0 Å². The minimum absolute atomic E-state index is 0.0101. The smallest absolute Gasteiger partial charge is 0.319 e. The predicted molar refractivity (Wildman–Crippen MR) is 77.2 cm³/mol. The number of nitrogens with one attached hydrogen (secondary N) is 2. The third kappa shape index (κ3) is 3.77. The van der Waals surface area contributed by atoms with Crippen LogP contribution in [0.1, 0.15) is 6.42 Å². The molecule has 1 atom stereocenters. The van der Waals surface area contributed by atoms with Gasteiger partial charge >= 0.3 is 6.03 Å². The molecule has 0 aliphatic carbocycles. The molecule has 1 aromatic rings. The van der Waals surface area contributed by atoms with E-state index in [0.29, 0.717) is 22.9 Å². The molecule has 0 bridgehead atoms. The zero-order chi connectivity index (χ0) is 14.8. The number of hydrogen-bond acceptors (Lipinski definition) is 4. The normalized spacial score (nSPS) is 20.4. The van der Waals surface area contributed by atoms with E-state index in [0.717, 1.165) is 0 Å². The van der Waals surface area contributed by atoms with Gasteiger partial charge in [0.1, 0.15) is 5.75 Å². The molecule has 2 N–H and O–H groups in total. The minimum Gasteiger partial charge on any atom is -0.495 e. The fourth-order valence-corrected chi connectivity index (χ4v) is 3.94. The lowest BCUT2D eigenvalue weighted by atomic mass is 10.2. The topological polar surface area (TPSA) is 84.5 Å². The van der Waals surface area contributed by atoms with E-state index in [-0.39, 0.29) is 17.5 Å². The van der Waals surface area contributed by atoms with Crippen LogP contribution in [0.5, 0.6) is 5.75 Å². The van der Waals surface area contributed by atoms with E-state index in [2.05, 4.69) is 10.6 Å². The fraction of sp³-hybridized carbons (Fsp3) is 0.417. The number of amides is 2. The first-order valence-electron chi connectivity index (χ1n) is 6.01. The summed E-state index contributed by atoms with van der Waals surface area (Å²) >= 11 is 5.94. The van der Waals surface area contributed by atoms with Crippen molar-refractivity contribution >= 4 is 33.2 Å². The average Bonchev–Trinajstić information content (AvgIpc) is 2.68. The summed E-state index contributed by atoms with van der Waals surface area (Å²) in [6.07, 6.45) is 0.444. The summed E-state index contributed by atoms with van der Waals surface area (Å²) in [6.45, 7) is 0. The molecular weight excluding hydrogens is 304 g/mol. The lowest BCUT2D eigenvalue weighted by Crippen LogP contribution is -2.38. The maximum absolute atomic E-state index is 11.8. The number of carbonyl (C=O) groups excluding carboxylic acids is 1. The first-order valence-corrected chi connectivity index (χ1v) is 8.21. The van der Waals surface area contributed by atoms with Gasteiger partial charge in [-0.2, -0.15) is 0 Å². The van der Waals surface area contributed by atoms with Crippen LogP contribution in [0, 0.1) is 0 Å². The molecule has 1 aliphatic rings. The van der Waals surface area contributed by atoms with Crippen molar-refractivity contribution in [2.45, 2.75) is 12.5 Å². The van der Waals surface area contributed by atoms with Crippen LogP contribution in [0.25, 0.3) is 0 Å². The van der Waals surface area contributed by atoms with Crippen molar-refractivity contribution in [3.63, 3.8) is 0 Å². The molecule has 8 heteroatoms. The molecule has 0 saturated carbocycles. The van der Waals surface area contributed by atoms with Gasteiger partial charge in [0.15, 0.2) is 9.84 Å². The van der Waals surface area contributed by atoms with Gasteiger partial charge in [0.2, 0.25) is 0 Å². The molecule has 20 heavy (non-hydrogen) atoms. The van der Waals surface area contributed by atoms with E-state index in [4.69, 9.17) is 16.3 Å². The molecule has 1 unspecified atom stereocenters. The van der Waals surface area contributed by atoms with Crippen LogP contribution in [0.4, 0.5) is 10.5 Å². The zero-order valence-electron chi connectivity index (χ0n) is 10.8. The van der Waals surface area contributed by atoms with E-state index in [1.54, 1.807) is 18.2 Å². The Kier molecular flexibility index (Phi) is 4.39. The Labute approximate surface area is 122 Å². The van der Waals surface area contributed by atoms with Crippen molar-refractivity contribution in [1.82, 2.24) is 5.32 Å². The number of urea groups is 1. The molecule has 1 aliphatic heterocycles. The van der Waals surface area contributed by atoms with Crippen LogP contribution in [-0.4, -0.2) is 39.1 Å². The van der Waals surface area contributed by atoms with Crippen molar-refractivity contribution in [3.05, 3.63) is 23.2 Å². The molecule has 1 fully saturated rings. The van der Waals surface area contributed by atoms with Gasteiger partial charge in [0.05, 0.1) is 23.6 Å². The second kappa shape index (κ2) is 5.88. The second-order valence-electron chi connectivity index (χ2n) is 4.55. The number of ether oxygens (including phenoxy) is 1. The van der Waals surface area contributed by atoms with E-state index >= 15 is 0 Å². The molecule has 1 saturated heterocycles. The van der Waals surface area contributed by atoms with Gasteiger partial charge in [-0.15, -0.1) is 0 Å². The molecule has 0 radical (unpaired) electrons. The van der Waals surface area contributed by atoms with Crippen molar-refractivity contribution in [3.8, 4) is 5.75 Å². The Bertz CT molecular complexity index is 618. The number of hydrogen-bond donors (Lipinski definition) is 2. The Morgan fingerprint density at radius 2 is 2.20 bits per heavy atom. The molecule has 110 valence electrons. The summed E-state index contributed by atoms with van der Waals surface area (Å²) in [7, 11) is -1.51. The lowest BCUT2D eigenvalue weighted by Gasteiger charge is -2.12. The van der Waals surface area contributed by atoms with Crippen molar-refractivity contribution < 1.29 is 17.9 Å². The van der Waals surface area contributed by atoms with Gasteiger partial charge in [0.25, 0.3) is 0 Å². The Morgan fingerprint density at radius 1 is 1.45 bits per heavy atom. The summed E-state index contributed by atoms with van der Waals surface area (Å²) in [4.78, 5) is 11.8. The van der Waals surface area contributed by atoms with E-state index in [1.165, 1.54) is 7.11 Å². The number of sulfone groups is 1. The van der Waals surface area contributed by atoms with Gasteiger partial charge in [-0.3, -0.25) is 0 Å². The minimum atomic E-state index is -3.01. The number of halogens is 1. The Hall–Kier alpha value is -1.47. The maximum atomic E-state index is 11.8. The first-order chi connectivity index (χ1) is 9.39. The molecule has 1 heterocycles. The van der Waals surface area contributed by atoms with E-state index in [9.17, 15) is 13.2 Å². The molecule has 2 rings (SSSR count). The monoisotopic (exact) mass is 318 g/mol. The third-order valence-electron chi connectivity index (χ3n) is 2.98. The summed E-state index contributed by atoms with van der Waals surface area (Å²) in [5, 5.41) is 5.61. The number of methoxy groups -OCH3 is 1. The highest BCUT2D eigenvalue weighted by Crippen LogP contribution is 2.27.